The molecule has 1 aromatic heterocycles. The van der Waals surface area contributed by atoms with Gasteiger partial charge in [-0.2, -0.15) is 0 Å². The number of ether oxygens (including phenoxy) is 1. The number of hydrogen-bond donors (Lipinski definition) is 1. The fourth-order valence-corrected chi connectivity index (χ4v) is 1.80. The second-order valence-electron chi connectivity index (χ2n) is 5.66. The number of aromatic nitrogens is 1. The highest BCUT2D eigenvalue weighted by molar-refractivity contribution is 5.92. The lowest BCUT2D eigenvalue weighted by atomic mass is 10.1. The van der Waals surface area contributed by atoms with Gasteiger partial charge in [0.2, 0.25) is 5.88 Å². The van der Waals surface area contributed by atoms with Crippen LogP contribution in [-0.2, 0) is 0 Å². The lowest BCUT2D eigenvalue weighted by Gasteiger charge is -2.27. The summed E-state index contributed by atoms with van der Waals surface area (Å²) in [6.07, 6.45) is 0.00602. The van der Waals surface area contributed by atoms with Crippen molar-refractivity contribution in [3.05, 3.63) is 23.9 Å². The van der Waals surface area contributed by atoms with E-state index in [0.29, 0.717) is 18.1 Å². The maximum Gasteiger partial charge on any atom is 0.272 e. The molecule has 0 fully saturated rings. The zero-order valence-corrected chi connectivity index (χ0v) is 12.9. The topological polar surface area (TPSA) is 62.7 Å². The molecule has 20 heavy (non-hydrogen) atoms. The summed E-state index contributed by atoms with van der Waals surface area (Å²) in [6.45, 7) is 9.81. The third kappa shape index (κ3) is 5.17. The molecule has 1 rings (SSSR count). The molecule has 1 heterocycles. The van der Waals surface area contributed by atoms with Gasteiger partial charge in [-0.1, -0.05) is 6.07 Å². The Kier molecular flexibility index (Phi) is 5.51. The molecule has 0 radical (unpaired) electrons. The molecule has 0 spiro atoms. The maximum absolute atomic E-state index is 12.4. The van der Waals surface area contributed by atoms with Crippen molar-refractivity contribution in [2.75, 3.05) is 13.1 Å². The van der Waals surface area contributed by atoms with Crippen LogP contribution in [0.3, 0.4) is 0 Å². The van der Waals surface area contributed by atoms with Crippen LogP contribution in [0.25, 0.3) is 0 Å². The zero-order valence-electron chi connectivity index (χ0n) is 12.9. The van der Waals surface area contributed by atoms with Crippen molar-refractivity contribution in [2.24, 2.45) is 0 Å². The number of aliphatic hydroxyl groups is 1. The third-order valence-corrected chi connectivity index (χ3v) is 2.55. The second-order valence-corrected chi connectivity index (χ2v) is 5.66. The monoisotopic (exact) mass is 280 g/mol. The van der Waals surface area contributed by atoms with Gasteiger partial charge in [-0.25, -0.2) is 4.98 Å². The highest BCUT2D eigenvalue weighted by atomic mass is 16.5. The van der Waals surface area contributed by atoms with Crippen molar-refractivity contribution in [1.29, 1.82) is 0 Å². The molecule has 0 aliphatic carbocycles. The average Bonchev–Trinajstić information content (AvgIpc) is 2.33. The largest absolute Gasteiger partial charge is 0.475 e. The standard InChI is InChI=1S/C15H24N2O3/c1-6-17(10-15(4,5)19)14(18)12-8-7-9-13(16-12)20-11(2)3/h7-9,11,19H,6,10H2,1-5H3. The van der Waals surface area contributed by atoms with E-state index < -0.39 is 5.60 Å². The third-order valence-electron chi connectivity index (χ3n) is 2.55. The van der Waals surface area contributed by atoms with Gasteiger partial charge in [0.25, 0.3) is 5.91 Å². The maximum atomic E-state index is 12.4. The fraction of sp³-hybridized carbons (Fsp3) is 0.600. The zero-order chi connectivity index (χ0) is 15.3. The van der Waals surface area contributed by atoms with E-state index in [-0.39, 0.29) is 18.6 Å². The SMILES string of the molecule is CCN(CC(C)(C)O)C(=O)c1cccc(OC(C)C)n1. The Morgan fingerprint density at radius 3 is 2.60 bits per heavy atom. The molecule has 0 bridgehead atoms. The minimum Gasteiger partial charge on any atom is -0.475 e. The Labute approximate surface area is 120 Å². The summed E-state index contributed by atoms with van der Waals surface area (Å²) in [5.74, 6) is 0.231. The first-order chi connectivity index (χ1) is 9.23. The van der Waals surface area contributed by atoms with Crippen LogP contribution in [0.2, 0.25) is 0 Å². The first-order valence-electron chi connectivity index (χ1n) is 6.88. The van der Waals surface area contributed by atoms with Gasteiger partial charge in [0.15, 0.2) is 0 Å². The summed E-state index contributed by atoms with van der Waals surface area (Å²) >= 11 is 0. The molecule has 1 amide bonds. The molecule has 0 atom stereocenters. The number of rotatable bonds is 6. The summed E-state index contributed by atoms with van der Waals surface area (Å²) < 4.78 is 5.49. The predicted octanol–water partition coefficient (Wildman–Crippen LogP) is 2.10. The van der Waals surface area contributed by atoms with Crippen molar-refractivity contribution in [3.8, 4) is 5.88 Å². The highest BCUT2D eigenvalue weighted by Gasteiger charge is 2.23. The predicted molar refractivity (Wildman–Crippen MR) is 77.9 cm³/mol. The summed E-state index contributed by atoms with van der Waals surface area (Å²) in [5.41, 5.74) is -0.605. The molecule has 0 saturated heterocycles. The van der Waals surface area contributed by atoms with Gasteiger partial charge in [0.05, 0.1) is 11.7 Å². The summed E-state index contributed by atoms with van der Waals surface area (Å²) in [6, 6.07) is 5.13. The number of nitrogens with zero attached hydrogens (tertiary/aromatic N) is 2. The normalized spacial score (nSPS) is 11.6. The molecule has 1 aromatic rings. The Hall–Kier alpha value is -1.62. The molecule has 0 aliphatic heterocycles. The molecule has 0 aromatic carbocycles. The first kappa shape index (κ1) is 16.4. The van der Waals surface area contributed by atoms with Crippen molar-refractivity contribution >= 4 is 5.91 Å². The van der Waals surface area contributed by atoms with Crippen LogP contribution < -0.4 is 4.74 Å². The van der Waals surface area contributed by atoms with Crippen molar-refractivity contribution in [1.82, 2.24) is 9.88 Å². The van der Waals surface area contributed by atoms with Gasteiger partial charge in [-0.05, 0) is 40.7 Å². The highest BCUT2D eigenvalue weighted by Crippen LogP contribution is 2.13. The Morgan fingerprint density at radius 1 is 1.45 bits per heavy atom. The first-order valence-corrected chi connectivity index (χ1v) is 6.88. The number of hydrogen-bond acceptors (Lipinski definition) is 4. The number of carbonyl (C=O) groups is 1. The van der Waals surface area contributed by atoms with Crippen LogP contribution in [0, 0.1) is 0 Å². The van der Waals surface area contributed by atoms with Gasteiger partial charge < -0.3 is 14.7 Å². The van der Waals surface area contributed by atoms with Crippen LogP contribution in [0.4, 0.5) is 0 Å². The van der Waals surface area contributed by atoms with E-state index >= 15 is 0 Å². The van der Waals surface area contributed by atoms with Crippen molar-refractivity contribution < 1.29 is 14.6 Å². The molecule has 5 nitrogen and oxygen atoms in total. The summed E-state index contributed by atoms with van der Waals surface area (Å²) in [5, 5.41) is 9.85. The minimum atomic E-state index is -0.933. The Morgan fingerprint density at radius 2 is 2.10 bits per heavy atom. The van der Waals surface area contributed by atoms with Gasteiger partial charge in [0, 0.05) is 19.2 Å². The minimum absolute atomic E-state index is 0.00602. The molecule has 1 N–H and O–H groups in total. The second kappa shape index (κ2) is 6.70. The summed E-state index contributed by atoms with van der Waals surface area (Å²) in [4.78, 5) is 18.2. The Balaban J connectivity index is 2.89. The van der Waals surface area contributed by atoms with Gasteiger partial charge in [-0.3, -0.25) is 4.79 Å². The number of pyridine rings is 1. The molecule has 0 unspecified atom stereocenters. The number of carbonyl (C=O) groups excluding carboxylic acids is 1. The lowest BCUT2D eigenvalue weighted by molar-refractivity contribution is 0.0311. The molecule has 0 saturated carbocycles. The Bertz CT molecular complexity index is 453. The fourth-order valence-electron chi connectivity index (χ4n) is 1.80. The van der Waals surface area contributed by atoms with Crippen LogP contribution in [0.1, 0.15) is 45.1 Å². The molecule has 112 valence electrons. The molecule has 0 aliphatic rings. The smallest absolute Gasteiger partial charge is 0.272 e. The summed E-state index contributed by atoms with van der Waals surface area (Å²) in [7, 11) is 0. The van der Waals surface area contributed by atoms with Gasteiger partial charge in [-0.15, -0.1) is 0 Å². The lowest BCUT2D eigenvalue weighted by Crippen LogP contribution is -2.42. The molecular weight excluding hydrogens is 256 g/mol. The van der Waals surface area contributed by atoms with Crippen LogP contribution in [0.5, 0.6) is 5.88 Å². The number of likely N-dealkylation sites (N-methyl/N-ethyl adjacent to an activating group) is 1. The van der Waals surface area contributed by atoms with E-state index in [4.69, 9.17) is 4.74 Å². The van der Waals surface area contributed by atoms with E-state index in [0.717, 1.165) is 0 Å². The molecular formula is C15H24N2O3. The van der Waals surface area contributed by atoms with E-state index in [2.05, 4.69) is 4.98 Å². The van der Waals surface area contributed by atoms with Crippen LogP contribution in [-0.4, -0.2) is 45.7 Å². The van der Waals surface area contributed by atoms with Crippen molar-refractivity contribution in [2.45, 2.75) is 46.3 Å². The van der Waals surface area contributed by atoms with E-state index in [1.165, 1.54) is 0 Å². The van der Waals surface area contributed by atoms with Crippen LogP contribution in [0.15, 0.2) is 18.2 Å². The van der Waals surface area contributed by atoms with Crippen LogP contribution >= 0.6 is 0 Å². The average molecular weight is 280 g/mol. The van der Waals surface area contributed by atoms with Crippen molar-refractivity contribution in [3.63, 3.8) is 0 Å². The van der Waals surface area contributed by atoms with Gasteiger partial charge >= 0.3 is 0 Å². The van der Waals surface area contributed by atoms with E-state index in [1.54, 1.807) is 36.9 Å². The number of amides is 1. The quantitative estimate of drug-likeness (QED) is 0.867. The molecule has 5 heteroatoms. The van der Waals surface area contributed by atoms with Gasteiger partial charge in [0.1, 0.15) is 5.69 Å². The van der Waals surface area contributed by atoms with E-state index in [9.17, 15) is 9.90 Å². The van der Waals surface area contributed by atoms with E-state index in [1.807, 2.05) is 20.8 Å².